The number of halogens is 3. The zero-order valence-corrected chi connectivity index (χ0v) is 13.8. The Labute approximate surface area is 144 Å². The van der Waals surface area contributed by atoms with Crippen LogP contribution in [0.15, 0.2) is 18.3 Å². The van der Waals surface area contributed by atoms with Gasteiger partial charge in [-0.2, -0.15) is 13.2 Å². The Bertz CT molecular complexity index is 561. The lowest BCUT2D eigenvalue weighted by Gasteiger charge is -2.32. The van der Waals surface area contributed by atoms with E-state index in [1.165, 1.54) is 18.3 Å². The van der Waals surface area contributed by atoms with Crippen molar-refractivity contribution in [3.8, 4) is 5.75 Å². The number of carbonyl (C=O) groups is 1. The fraction of sp³-hybridized carbons (Fsp3) is 0.625. The van der Waals surface area contributed by atoms with Crippen LogP contribution in [0.1, 0.15) is 29.8 Å². The molecule has 1 aromatic heterocycles. The molecule has 140 valence electrons. The molecule has 2 rings (SSSR count). The van der Waals surface area contributed by atoms with Gasteiger partial charge < -0.3 is 20.1 Å². The minimum absolute atomic E-state index is 0.0697. The van der Waals surface area contributed by atoms with Gasteiger partial charge in [0, 0.05) is 25.9 Å². The van der Waals surface area contributed by atoms with E-state index in [2.05, 4.69) is 4.98 Å². The van der Waals surface area contributed by atoms with E-state index in [1.54, 1.807) is 4.90 Å². The fourth-order valence-corrected chi connectivity index (χ4v) is 2.54. The first kappa shape index (κ1) is 19.5. The zero-order valence-electron chi connectivity index (χ0n) is 13.8. The van der Waals surface area contributed by atoms with Gasteiger partial charge in [-0.1, -0.05) is 0 Å². The SMILES string of the molecule is NCCCOC1CCN(C(=O)c2ncccc2OCC(F)(F)F)CC1. The molecule has 6 nitrogen and oxygen atoms in total. The summed E-state index contributed by atoms with van der Waals surface area (Å²) in [6, 6.07) is 2.74. The lowest BCUT2D eigenvalue weighted by atomic mass is 10.1. The number of alkyl halides is 3. The van der Waals surface area contributed by atoms with Crippen LogP contribution in [0.5, 0.6) is 5.75 Å². The first-order chi connectivity index (χ1) is 11.9. The van der Waals surface area contributed by atoms with Gasteiger partial charge in [-0.15, -0.1) is 0 Å². The van der Waals surface area contributed by atoms with Crippen LogP contribution in [0.25, 0.3) is 0 Å². The van der Waals surface area contributed by atoms with Gasteiger partial charge in [-0.3, -0.25) is 4.79 Å². The second-order valence-electron chi connectivity index (χ2n) is 5.76. The molecule has 0 unspecified atom stereocenters. The molecule has 2 N–H and O–H groups in total. The van der Waals surface area contributed by atoms with E-state index >= 15 is 0 Å². The molecular weight excluding hydrogens is 339 g/mol. The number of rotatable bonds is 7. The molecule has 0 aliphatic carbocycles. The number of carbonyl (C=O) groups excluding carboxylic acids is 1. The normalized spacial score (nSPS) is 16.1. The van der Waals surface area contributed by atoms with Gasteiger partial charge in [-0.25, -0.2) is 4.98 Å². The van der Waals surface area contributed by atoms with Crippen LogP contribution < -0.4 is 10.5 Å². The Balaban J connectivity index is 1.93. The largest absolute Gasteiger partial charge is 0.482 e. The highest BCUT2D eigenvalue weighted by Crippen LogP contribution is 2.23. The third-order valence-corrected chi connectivity index (χ3v) is 3.80. The van der Waals surface area contributed by atoms with E-state index in [1.807, 2.05) is 0 Å². The van der Waals surface area contributed by atoms with Gasteiger partial charge in [0.2, 0.25) is 0 Å². The summed E-state index contributed by atoms with van der Waals surface area (Å²) in [5, 5.41) is 0. The van der Waals surface area contributed by atoms with Crippen molar-refractivity contribution in [2.75, 3.05) is 32.8 Å². The summed E-state index contributed by atoms with van der Waals surface area (Å²) >= 11 is 0. The van der Waals surface area contributed by atoms with Crippen LogP contribution in [0.3, 0.4) is 0 Å². The van der Waals surface area contributed by atoms with Crippen LogP contribution in [0, 0.1) is 0 Å². The van der Waals surface area contributed by atoms with Crippen molar-refractivity contribution in [3.63, 3.8) is 0 Å². The highest BCUT2D eigenvalue weighted by Gasteiger charge is 2.31. The van der Waals surface area contributed by atoms with Crippen molar-refractivity contribution in [2.24, 2.45) is 5.73 Å². The zero-order chi connectivity index (χ0) is 18.3. The van der Waals surface area contributed by atoms with Crippen molar-refractivity contribution >= 4 is 5.91 Å². The van der Waals surface area contributed by atoms with Crippen molar-refractivity contribution in [3.05, 3.63) is 24.0 Å². The Hall–Kier alpha value is -1.87. The van der Waals surface area contributed by atoms with Gasteiger partial charge in [0.05, 0.1) is 6.10 Å². The van der Waals surface area contributed by atoms with Crippen LogP contribution in [-0.4, -0.2) is 60.9 Å². The molecule has 1 saturated heterocycles. The molecule has 0 bridgehead atoms. The first-order valence-corrected chi connectivity index (χ1v) is 8.16. The maximum atomic E-state index is 12.6. The molecule has 0 saturated carbocycles. The molecule has 0 atom stereocenters. The molecule has 1 aliphatic heterocycles. The number of ether oxygens (including phenoxy) is 2. The smallest absolute Gasteiger partial charge is 0.422 e. The van der Waals surface area contributed by atoms with E-state index in [0.717, 1.165) is 6.42 Å². The number of hydrogen-bond acceptors (Lipinski definition) is 5. The molecule has 1 aromatic rings. The van der Waals surface area contributed by atoms with E-state index in [4.69, 9.17) is 15.2 Å². The maximum Gasteiger partial charge on any atom is 0.422 e. The third-order valence-electron chi connectivity index (χ3n) is 3.80. The number of aromatic nitrogens is 1. The topological polar surface area (TPSA) is 77.7 Å². The number of hydrogen-bond donors (Lipinski definition) is 1. The minimum atomic E-state index is -4.48. The average Bonchev–Trinajstić information content (AvgIpc) is 2.60. The molecule has 9 heteroatoms. The maximum absolute atomic E-state index is 12.6. The van der Waals surface area contributed by atoms with Gasteiger partial charge >= 0.3 is 6.18 Å². The van der Waals surface area contributed by atoms with Crippen LogP contribution in [0.2, 0.25) is 0 Å². The van der Waals surface area contributed by atoms with Crippen LogP contribution in [0.4, 0.5) is 13.2 Å². The molecule has 0 aromatic carbocycles. The van der Waals surface area contributed by atoms with Crippen molar-refractivity contribution in [2.45, 2.75) is 31.5 Å². The lowest BCUT2D eigenvalue weighted by Crippen LogP contribution is -2.41. The summed E-state index contributed by atoms with van der Waals surface area (Å²) in [4.78, 5) is 18.0. The monoisotopic (exact) mass is 361 g/mol. The summed E-state index contributed by atoms with van der Waals surface area (Å²) in [6.07, 6.45) is -0.928. The second-order valence-corrected chi connectivity index (χ2v) is 5.76. The number of nitrogens with zero attached hydrogens (tertiary/aromatic N) is 2. The first-order valence-electron chi connectivity index (χ1n) is 8.16. The van der Waals surface area contributed by atoms with Crippen LogP contribution in [-0.2, 0) is 4.74 Å². The summed E-state index contributed by atoms with van der Waals surface area (Å²) in [7, 11) is 0. The van der Waals surface area contributed by atoms with E-state index in [-0.39, 0.29) is 17.5 Å². The van der Waals surface area contributed by atoms with E-state index < -0.39 is 18.7 Å². The van der Waals surface area contributed by atoms with Gasteiger partial charge in [0.25, 0.3) is 5.91 Å². The van der Waals surface area contributed by atoms with Crippen molar-refractivity contribution in [1.29, 1.82) is 0 Å². The number of pyridine rings is 1. The second kappa shape index (κ2) is 9.00. The molecule has 2 heterocycles. The Kier molecular flexibility index (Phi) is 7.01. The summed E-state index contributed by atoms with van der Waals surface area (Å²) in [5.74, 6) is -0.593. The molecular formula is C16H22F3N3O3. The molecule has 0 spiro atoms. The fourth-order valence-electron chi connectivity index (χ4n) is 2.54. The minimum Gasteiger partial charge on any atom is -0.482 e. The standard InChI is InChI=1S/C16H22F3N3O3/c17-16(18,19)11-25-13-3-1-7-21-14(13)15(23)22-8-4-12(5-9-22)24-10-2-6-20/h1,3,7,12H,2,4-6,8-11,20H2. The number of likely N-dealkylation sites (tertiary alicyclic amines) is 1. The predicted molar refractivity (Wildman–Crippen MR) is 84.3 cm³/mol. The number of piperidine rings is 1. The van der Waals surface area contributed by atoms with Gasteiger partial charge in [0.1, 0.15) is 0 Å². The third kappa shape index (κ3) is 6.17. The Morgan fingerprint density at radius 2 is 2.08 bits per heavy atom. The van der Waals surface area contributed by atoms with Gasteiger partial charge in [0.15, 0.2) is 18.1 Å². The lowest BCUT2D eigenvalue weighted by molar-refractivity contribution is -0.153. The Morgan fingerprint density at radius 3 is 2.72 bits per heavy atom. The average molecular weight is 361 g/mol. The molecule has 0 radical (unpaired) electrons. The molecule has 25 heavy (non-hydrogen) atoms. The summed E-state index contributed by atoms with van der Waals surface area (Å²) in [5.41, 5.74) is 5.31. The quantitative estimate of drug-likeness (QED) is 0.752. The van der Waals surface area contributed by atoms with Crippen molar-refractivity contribution < 1.29 is 27.4 Å². The molecule has 1 amide bonds. The number of nitrogens with two attached hydrogens (primary N) is 1. The van der Waals surface area contributed by atoms with E-state index in [9.17, 15) is 18.0 Å². The highest BCUT2D eigenvalue weighted by atomic mass is 19.4. The summed E-state index contributed by atoms with van der Waals surface area (Å²) in [6.45, 7) is 0.612. The predicted octanol–water partition coefficient (Wildman–Crippen LogP) is 1.99. The molecule has 1 aliphatic rings. The Morgan fingerprint density at radius 1 is 1.36 bits per heavy atom. The summed E-state index contributed by atoms with van der Waals surface area (Å²) < 4.78 is 47.4. The van der Waals surface area contributed by atoms with Gasteiger partial charge in [-0.05, 0) is 37.9 Å². The van der Waals surface area contributed by atoms with E-state index in [0.29, 0.717) is 39.1 Å². The van der Waals surface area contributed by atoms with Crippen molar-refractivity contribution in [1.82, 2.24) is 9.88 Å². The number of amides is 1. The highest BCUT2D eigenvalue weighted by molar-refractivity contribution is 5.95. The molecule has 1 fully saturated rings. The van der Waals surface area contributed by atoms with Crippen LogP contribution >= 0.6 is 0 Å².